The third-order valence-electron chi connectivity index (χ3n) is 2.51. The van der Waals surface area contributed by atoms with Gasteiger partial charge in [-0.3, -0.25) is 4.79 Å². The van der Waals surface area contributed by atoms with Crippen LogP contribution in [0, 0.1) is 5.92 Å². The van der Waals surface area contributed by atoms with Gasteiger partial charge in [0.1, 0.15) is 0 Å². The highest BCUT2D eigenvalue weighted by molar-refractivity contribution is 5.79. The number of nitrogens with two attached hydrogens (primary N) is 1. The smallest absolute Gasteiger partial charge is 0.226 e. The van der Waals surface area contributed by atoms with E-state index in [9.17, 15) is 4.79 Å². The van der Waals surface area contributed by atoms with Crippen molar-refractivity contribution < 1.29 is 4.79 Å². The Labute approximate surface area is 80.3 Å². The van der Waals surface area contributed by atoms with Crippen molar-refractivity contribution in [1.82, 2.24) is 4.90 Å². The minimum atomic E-state index is -0.00727. The first-order valence-corrected chi connectivity index (χ1v) is 5.21. The van der Waals surface area contributed by atoms with Crippen molar-refractivity contribution in [3.8, 4) is 0 Å². The summed E-state index contributed by atoms with van der Waals surface area (Å²) in [6.45, 7) is 5.38. The molecule has 1 fully saturated rings. The van der Waals surface area contributed by atoms with Crippen LogP contribution in [0.25, 0.3) is 0 Å². The van der Waals surface area contributed by atoms with Crippen molar-refractivity contribution in [2.24, 2.45) is 11.7 Å². The summed E-state index contributed by atoms with van der Waals surface area (Å²) in [5.41, 5.74) is 5.48. The quantitative estimate of drug-likeness (QED) is 0.692. The van der Waals surface area contributed by atoms with Gasteiger partial charge in [0, 0.05) is 25.0 Å². The van der Waals surface area contributed by atoms with Gasteiger partial charge < -0.3 is 10.6 Å². The molecule has 0 spiro atoms. The third kappa shape index (κ3) is 2.69. The van der Waals surface area contributed by atoms with Crippen LogP contribution < -0.4 is 5.73 Å². The Balaban J connectivity index is 2.47. The van der Waals surface area contributed by atoms with Gasteiger partial charge in [0.25, 0.3) is 0 Å². The zero-order valence-electron chi connectivity index (χ0n) is 8.62. The molecule has 13 heavy (non-hydrogen) atoms. The number of nitrogens with zero attached hydrogens (tertiary/aromatic N) is 1. The molecule has 3 heteroatoms. The Hall–Kier alpha value is -0.570. The van der Waals surface area contributed by atoms with E-state index in [0.717, 1.165) is 13.0 Å². The zero-order valence-corrected chi connectivity index (χ0v) is 8.62. The standard InChI is InChI=1S/C10H20N2O/c1-3-6-12(9-4-5-9)10(13)8(2)7-11/h8-9H,3-7,11H2,1-2H3. The topological polar surface area (TPSA) is 46.3 Å². The summed E-state index contributed by atoms with van der Waals surface area (Å²) in [5.74, 6) is 0.235. The monoisotopic (exact) mass is 184 g/mol. The average Bonchev–Trinajstić information content (AvgIpc) is 2.95. The molecule has 0 aromatic heterocycles. The Bertz CT molecular complexity index is 178. The van der Waals surface area contributed by atoms with Crippen molar-refractivity contribution in [2.45, 2.75) is 39.2 Å². The minimum absolute atomic E-state index is 0.00727. The third-order valence-corrected chi connectivity index (χ3v) is 2.51. The fourth-order valence-electron chi connectivity index (χ4n) is 1.48. The molecule has 2 N–H and O–H groups in total. The van der Waals surface area contributed by atoms with E-state index >= 15 is 0 Å². The summed E-state index contributed by atoms with van der Waals surface area (Å²) in [6, 6.07) is 0.529. The molecular weight excluding hydrogens is 164 g/mol. The van der Waals surface area contributed by atoms with Crippen LogP contribution in [0.5, 0.6) is 0 Å². The van der Waals surface area contributed by atoms with Gasteiger partial charge in [0.2, 0.25) is 5.91 Å². The molecule has 1 aliphatic rings. The largest absolute Gasteiger partial charge is 0.339 e. The Morgan fingerprint density at radius 2 is 2.23 bits per heavy atom. The van der Waals surface area contributed by atoms with Crippen LogP contribution in [0.3, 0.4) is 0 Å². The molecule has 0 aromatic rings. The van der Waals surface area contributed by atoms with E-state index < -0.39 is 0 Å². The first-order chi connectivity index (χ1) is 6.20. The molecule has 1 atom stereocenters. The van der Waals surface area contributed by atoms with Crippen LogP contribution in [-0.4, -0.2) is 29.9 Å². The predicted molar refractivity (Wildman–Crippen MR) is 53.2 cm³/mol. The second kappa shape index (κ2) is 4.61. The van der Waals surface area contributed by atoms with Gasteiger partial charge in [-0.05, 0) is 19.3 Å². The number of amides is 1. The highest BCUT2D eigenvalue weighted by Gasteiger charge is 2.33. The molecule has 0 radical (unpaired) electrons. The molecule has 0 aromatic carbocycles. The van der Waals surface area contributed by atoms with Crippen LogP contribution in [-0.2, 0) is 4.79 Å². The summed E-state index contributed by atoms with van der Waals surface area (Å²) >= 11 is 0. The number of hydrogen-bond acceptors (Lipinski definition) is 2. The van der Waals surface area contributed by atoms with E-state index in [4.69, 9.17) is 5.73 Å². The van der Waals surface area contributed by atoms with Crippen molar-refractivity contribution in [1.29, 1.82) is 0 Å². The van der Waals surface area contributed by atoms with Gasteiger partial charge in [0.15, 0.2) is 0 Å². The molecule has 3 nitrogen and oxygen atoms in total. The molecule has 0 bridgehead atoms. The lowest BCUT2D eigenvalue weighted by atomic mass is 10.1. The summed E-state index contributed by atoms with van der Waals surface area (Å²) in [7, 11) is 0. The summed E-state index contributed by atoms with van der Waals surface area (Å²) in [6.07, 6.45) is 3.41. The molecule has 1 saturated carbocycles. The van der Waals surface area contributed by atoms with E-state index in [1.54, 1.807) is 0 Å². The van der Waals surface area contributed by atoms with Crippen LogP contribution in [0.4, 0.5) is 0 Å². The number of carbonyl (C=O) groups is 1. The van der Waals surface area contributed by atoms with E-state index in [0.29, 0.717) is 12.6 Å². The van der Waals surface area contributed by atoms with Gasteiger partial charge in [0.05, 0.1) is 0 Å². The maximum absolute atomic E-state index is 11.8. The molecule has 1 unspecified atom stereocenters. The maximum Gasteiger partial charge on any atom is 0.226 e. The number of carbonyl (C=O) groups excluding carboxylic acids is 1. The Morgan fingerprint density at radius 1 is 1.62 bits per heavy atom. The number of rotatable bonds is 5. The molecule has 0 saturated heterocycles. The van der Waals surface area contributed by atoms with Crippen molar-refractivity contribution >= 4 is 5.91 Å². The highest BCUT2D eigenvalue weighted by Crippen LogP contribution is 2.28. The lowest BCUT2D eigenvalue weighted by Gasteiger charge is -2.24. The molecule has 0 heterocycles. The lowest BCUT2D eigenvalue weighted by Crippen LogP contribution is -2.39. The van der Waals surface area contributed by atoms with Crippen LogP contribution in [0.1, 0.15) is 33.1 Å². The SMILES string of the molecule is CCCN(C(=O)C(C)CN)C1CC1. The minimum Gasteiger partial charge on any atom is -0.339 e. The van der Waals surface area contributed by atoms with Crippen molar-refractivity contribution in [2.75, 3.05) is 13.1 Å². The highest BCUT2D eigenvalue weighted by atomic mass is 16.2. The fourth-order valence-corrected chi connectivity index (χ4v) is 1.48. The first-order valence-electron chi connectivity index (χ1n) is 5.21. The lowest BCUT2D eigenvalue weighted by molar-refractivity contribution is -0.135. The Kier molecular flexibility index (Phi) is 3.72. The summed E-state index contributed by atoms with van der Waals surface area (Å²) in [5, 5.41) is 0. The van der Waals surface area contributed by atoms with E-state index in [-0.39, 0.29) is 11.8 Å². The van der Waals surface area contributed by atoms with Crippen LogP contribution in [0.2, 0.25) is 0 Å². The maximum atomic E-state index is 11.8. The van der Waals surface area contributed by atoms with Gasteiger partial charge in [-0.15, -0.1) is 0 Å². The second-order valence-corrected chi connectivity index (χ2v) is 3.90. The van der Waals surface area contributed by atoms with Crippen molar-refractivity contribution in [3.63, 3.8) is 0 Å². The summed E-state index contributed by atoms with van der Waals surface area (Å²) in [4.78, 5) is 13.8. The molecule has 76 valence electrons. The van der Waals surface area contributed by atoms with Gasteiger partial charge in [-0.2, -0.15) is 0 Å². The van der Waals surface area contributed by atoms with Crippen LogP contribution >= 0.6 is 0 Å². The normalized spacial score (nSPS) is 18.4. The van der Waals surface area contributed by atoms with E-state index in [1.165, 1.54) is 12.8 Å². The molecule has 1 amide bonds. The fraction of sp³-hybridized carbons (Fsp3) is 0.900. The molecule has 0 aliphatic heterocycles. The number of hydrogen-bond donors (Lipinski definition) is 1. The average molecular weight is 184 g/mol. The van der Waals surface area contributed by atoms with E-state index in [1.807, 2.05) is 11.8 Å². The van der Waals surface area contributed by atoms with Gasteiger partial charge in [-0.25, -0.2) is 0 Å². The molecule has 1 rings (SSSR count). The van der Waals surface area contributed by atoms with Crippen LogP contribution in [0.15, 0.2) is 0 Å². The molecule has 1 aliphatic carbocycles. The van der Waals surface area contributed by atoms with Gasteiger partial charge in [-0.1, -0.05) is 13.8 Å². The van der Waals surface area contributed by atoms with Gasteiger partial charge >= 0.3 is 0 Å². The second-order valence-electron chi connectivity index (χ2n) is 3.90. The summed E-state index contributed by atoms with van der Waals surface area (Å²) < 4.78 is 0. The Morgan fingerprint density at radius 3 is 2.62 bits per heavy atom. The van der Waals surface area contributed by atoms with Crippen molar-refractivity contribution in [3.05, 3.63) is 0 Å². The zero-order chi connectivity index (χ0) is 9.84. The van der Waals surface area contributed by atoms with E-state index in [2.05, 4.69) is 6.92 Å². The molecular formula is C10H20N2O. The first kappa shape index (κ1) is 10.5. The predicted octanol–water partition coefficient (Wildman–Crippen LogP) is 0.982.